The number of fused-ring (bicyclic) bond motifs is 1. The van der Waals surface area contributed by atoms with Gasteiger partial charge in [0.15, 0.2) is 0 Å². The Balaban J connectivity index is 1.61. The van der Waals surface area contributed by atoms with Gasteiger partial charge >= 0.3 is 0 Å². The lowest BCUT2D eigenvalue weighted by molar-refractivity contribution is -0.140. The fourth-order valence-corrected chi connectivity index (χ4v) is 5.04. The first-order valence-corrected chi connectivity index (χ1v) is 10.2. The Bertz CT molecular complexity index is 985. The second-order valence-corrected chi connectivity index (χ2v) is 8.10. The Morgan fingerprint density at radius 2 is 2.08 bits per heavy atom. The number of hydrogen-bond acceptors (Lipinski definition) is 6. The number of imide groups is 1. The number of carbonyl (C=O) groups is 2. The topological polar surface area (TPSA) is 63.2 Å². The van der Waals surface area contributed by atoms with E-state index in [2.05, 4.69) is 28.2 Å². The molecule has 132 valence electrons. The van der Waals surface area contributed by atoms with Crippen molar-refractivity contribution < 1.29 is 9.59 Å². The Kier molecular flexibility index (Phi) is 4.74. The zero-order chi connectivity index (χ0) is 18.1. The Hall–Kier alpha value is -2.25. The minimum absolute atomic E-state index is 0.0680. The predicted octanol–water partition coefficient (Wildman–Crippen LogP) is 3.91. The highest BCUT2D eigenvalue weighted by Gasteiger charge is 2.26. The fourth-order valence-electron chi connectivity index (χ4n) is 2.97. The van der Waals surface area contributed by atoms with E-state index in [0.29, 0.717) is 18.8 Å². The number of likely N-dealkylation sites (tertiary alicyclic amines) is 1. The van der Waals surface area contributed by atoms with Crippen LogP contribution in [0, 0.1) is 6.92 Å². The van der Waals surface area contributed by atoms with Crippen LogP contribution in [0.1, 0.15) is 18.7 Å². The van der Waals surface area contributed by atoms with E-state index in [1.54, 1.807) is 11.3 Å². The number of aryl methyl sites for hydroxylation is 1. The van der Waals surface area contributed by atoms with E-state index in [9.17, 15) is 9.59 Å². The minimum Gasteiger partial charge on any atom is -0.282 e. The van der Waals surface area contributed by atoms with Gasteiger partial charge in [-0.25, -0.2) is 9.97 Å². The number of nitrogens with zero attached hydrogens (tertiary/aromatic N) is 3. The molecule has 0 aliphatic carbocycles. The van der Waals surface area contributed by atoms with Crippen LogP contribution in [-0.2, 0) is 9.59 Å². The van der Waals surface area contributed by atoms with E-state index >= 15 is 0 Å². The summed E-state index contributed by atoms with van der Waals surface area (Å²) < 4.78 is 0. The van der Waals surface area contributed by atoms with Gasteiger partial charge in [0.1, 0.15) is 15.7 Å². The van der Waals surface area contributed by atoms with Crippen LogP contribution in [0.15, 0.2) is 41.4 Å². The summed E-state index contributed by atoms with van der Waals surface area (Å²) in [5.74, 6) is 0.696. The third-order valence-electron chi connectivity index (χ3n) is 4.23. The van der Waals surface area contributed by atoms with Crippen molar-refractivity contribution in [2.45, 2.75) is 24.8 Å². The lowest BCUT2D eigenvalue weighted by Gasteiger charge is -2.12. The second-order valence-electron chi connectivity index (χ2n) is 6.10. The number of hydrogen-bond donors (Lipinski definition) is 0. The molecule has 4 rings (SSSR count). The number of amides is 2. The summed E-state index contributed by atoms with van der Waals surface area (Å²) in [7, 11) is 0. The van der Waals surface area contributed by atoms with Gasteiger partial charge in [-0.15, -0.1) is 11.3 Å². The number of aromatic nitrogens is 2. The maximum atomic E-state index is 12.3. The molecule has 0 atom stereocenters. The monoisotopic (exact) mass is 383 g/mol. The number of thioether (sulfide) groups is 1. The summed E-state index contributed by atoms with van der Waals surface area (Å²) in [6.45, 7) is 2.39. The first-order valence-electron chi connectivity index (χ1n) is 8.41. The molecule has 26 heavy (non-hydrogen) atoms. The molecule has 3 aromatic rings. The molecule has 0 unspecified atom stereocenters. The first kappa shape index (κ1) is 17.2. The van der Waals surface area contributed by atoms with Crippen molar-refractivity contribution in [1.82, 2.24) is 14.9 Å². The molecule has 1 aliphatic heterocycles. The molecule has 5 nitrogen and oxygen atoms in total. The SMILES string of the molecule is Cc1nc(SCC(=O)N2CCCC2=O)c2cc(-c3ccccc3)sc2n1. The molecule has 0 spiro atoms. The first-order chi connectivity index (χ1) is 12.6. The molecule has 0 bridgehead atoms. The van der Waals surface area contributed by atoms with Crippen molar-refractivity contribution in [3.63, 3.8) is 0 Å². The number of thiophene rings is 1. The smallest absolute Gasteiger partial charge is 0.239 e. The normalized spacial score (nSPS) is 14.3. The van der Waals surface area contributed by atoms with Crippen LogP contribution in [0.3, 0.4) is 0 Å². The van der Waals surface area contributed by atoms with Gasteiger partial charge in [0.2, 0.25) is 11.8 Å². The van der Waals surface area contributed by atoms with Crippen molar-refractivity contribution in [2.24, 2.45) is 0 Å². The van der Waals surface area contributed by atoms with Crippen molar-refractivity contribution in [3.8, 4) is 10.4 Å². The van der Waals surface area contributed by atoms with Gasteiger partial charge in [-0.1, -0.05) is 42.1 Å². The molecule has 2 aromatic heterocycles. The highest BCUT2D eigenvalue weighted by Crippen LogP contribution is 2.36. The average molecular weight is 383 g/mol. The summed E-state index contributed by atoms with van der Waals surface area (Å²) >= 11 is 3.01. The van der Waals surface area contributed by atoms with Crippen LogP contribution in [0.2, 0.25) is 0 Å². The maximum Gasteiger partial charge on any atom is 0.239 e. The molecule has 7 heteroatoms. The largest absolute Gasteiger partial charge is 0.282 e. The minimum atomic E-state index is -0.138. The molecule has 0 saturated carbocycles. The van der Waals surface area contributed by atoms with E-state index in [1.165, 1.54) is 16.7 Å². The van der Waals surface area contributed by atoms with Gasteiger partial charge in [0.25, 0.3) is 0 Å². The molecule has 0 radical (unpaired) electrons. The zero-order valence-corrected chi connectivity index (χ0v) is 15.9. The molecular weight excluding hydrogens is 366 g/mol. The quantitative estimate of drug-likeness (QED) is 0.505. The van der Waals surface area contributed by atoms with E-state index in [0.717, 1.165) is 32.1 Å². The molecule has 1 aromatic carbocycles. The van der Waals surface area contributed by atoms with Crippen LogP contribution in [0.4, 0.5) is 0 Å². The number of carbonyl (C=O) groups excluding carboxylic acids is 2. The second kappa shape index (κ2) is 7.17. The van der Waals surface area contributed by atoms with E-state index in [1.807, 2.05) is 25.1 Å². The standard InChI is InChI=1S/C19H17N3O2S2/c1-12-20-18(25-11-17(24)22-9-5-8-16(22)23)14-10-15(26-19(14)21-12)13-6-3-2-4-7-13/h2-4,6-7,10H,5,8-9,11H2,1H3. The van der Waals surface area contributed by atoms with Gasteiger partial charge in [-0.05, 0) is 25.0 Å². The van der Waals surface area contributed by atoms with Gasteiger partial charge < -0.3 is 0 Å². The zero-order valence-electron chi connectivity index (χ0n) is 14.3. The number of rotatable bonds is 4. The molecule has 0 N–H and O–H groups in total. The summed E-state index contributed by atoms with van der Waals surface area (Å²) in [5.41, 5.74) is 1.14. The molecule has 1 saturated heterocycles. The third-order valence-corrected chi connectivity index (χ3v) is 6.29. The molecule has 1 fully saturated rings. The Morgan fingerprint density at radius 3 is 2.81 bits per heavy atom. The lowest BCUT2D eigenvalue weighted by atomic mass is 10.2. The number of benzene rings is 1. The summed E-state index contributed by atoms with van der Waals surface area (Å²) in [4.78, 5) is 36.5. The van der Waals surface area contributed by atoms with Crippen LogP contribution in [-0.4, -0.2) is 39.0 Å². The van der Waals surface area contributed by atoms with E-state index in [4.69, 9.17) is 0 Å². The van der Waals surface area contributed by atoms with Crippen LogP contribution >= 0.6 is 23.1 Å². The van der Waals surface area contributed by atoms with Crippen molar-refractivity contribution in [3.05, 3.63) is 42.2 Å². The highest BCUT2D eigenvalue weighted by molar-refractivity contribution is 8.00. The Morgan fingerprint density at radius 1 is 1.27 bits per heavy atom. The summed E-state index contributed by atoms with van der Waals surface area (Å²) in [6.07, 6.45) is 1.23. The molecule has 3 heterocycles. The third kappa shape index (κ3) is 3.37. The van der Waals surface area contributed by atoms with Crippen LogP contribution < -0.4 is 0 Å². The van der Waals surface area contributed by atoms with Crippen molar-refractivity contribution in [1.29, 1.82) is 0 Å². The molecular formula is C19H17N3O2S2. The molecule has 1 aliphatic rings. The van der Waals surface area contributed by atoms with Gasteiger partial charge in [-0.3, -0.25) is 14.5 Å². The maximum absolute atomic E-state index is 12.3. The molecule has 2 amide bonds. The van der Waals surface area contributed by atoms with Crippen LogP contribution in [0.5, 0.6) is 0 Å². The lowest BCUT2D eigenvalue weighted by Crippen LogP contribution is -2.33. The summed E-state index contributed by atoms with van der Waals surface area (Å²) in [6, 6.07) is 12.2. The van der Waals surface area contributed by atoms with E-state index < -0.39 is 0 Å². The van der Waals surface area contributed by atoms with Gasteiger partial charge in [-0.2, -0.15) is 0 Å². The van der Waals surface area contributed by atoms with Crippen LogP contribution in [0.25, 0.3) is 20.7 Å². The summed E-state index contributed by atoms with van der Waals surface area (Å²) in [5, 5.41) is 1.76. The fraction of sp³-hybridized carbons (Fsp3) is 0.263. The van der Waals surface area contributed by atoms with Crippen molar-refractivity contribution in [2.75, 3.05) is 12.3 Å². The average Bonchev–Trinajstić information content (AvgIpc) is 3.26. The predicted molar refractivity (Wildman–Crippen MR) is 104 cm³/mol. The van der Waals surface area contributed by atoms with E-state index in [-0.39, 0.29) is 17.6 Å². The Labute approximate surface area is 159 Å². The van der Waals surface area contributed by atoms with Crippen molar-refractivity contribution >= 4 is 45.1 Å². The van der Waals surface area contributed by atoms with Gasteiger partial charge in [0.05, 0.1) is 5.75 Å². The highest BCUT2D eigenvalue weighted by atomic mass is 32.2. The van der Waals surface area contributed by atoms with Gasteiger partial charge in [0, 0.05) is 23.2 Å².